The zero-order valence-electron chi connectivity index (χ0n) is 9.03. The third-order valence-corrected chi connectivity index (χ3v) is 2.38. The maximum Gasteiger partial charge on any atom is 0.242 e. The second-order valence-corrected chi connectivity index (χ2v) is 3.58. The van der Waals surface area contributed by atoms with E-state index in [1.54, 1.807) is 4.90 Å². The van der Waals surface area contributed by atoms with E-state index in [9.17, 15) is 9.59 Å². The van der Waals surface area contributed by atoms with Gasteiger partial charge in [-0.15, -0.1) is 12.3 Å². The first kappa shape index (κ1) is 11.6. The van der Waals surface area contributed by atoms with Crippen molar-refractivity contribution in [2.45, 2.75) is 19.8 Å². The standard InChI is InChI=1S/C11H16N2O2/c1-3-5-7-13-9-10(14)12(6-4-2)8-11(13)15/h1H,4-9H2,2H3. The summed E-state index contributed by atoms with van der Waals surface area (Å²) in [6.45, 7) is 3.52. The average Bonchev–Trinajstić information content (AvgIpc) is 2.21. The first-order valence-corrected chi connectivity index (χ1v) is 5.18. The first-order valence-electron chi connectivity index (χ1n) is 5.18. The number of terminal acetylenes is 1. The molecule has 0 aromatic carbocycles. The monoisotopic (exact) mass is 208 g/mol. The minimum absolute atomic E-state index is 0.00157. The van der Waals surface area contributed by atoms with Gasteiger partial charge in [-0.3, -0.25) is 9.59 Å². The summed E-state index contributed by atoms with van der Waals surface area (Å²) in [6.07, 6.45) is 6.50. The summed E-state index contributed by atoms with van der Waals surface area (Å²) in [4.78, 5) is 26.3. The Labute approximate surface area is 90.2 Å². The molecule has 15 heavy (non-hydrogen) atoms. The molecular weight excluding hydrogens is 192 g/mol. The van der Waals surface area contributed by atoms with Crippen molar-refractivity contribution in [3.63, 3.8) is 0 Å². The maximum absolute atomic E-state index is 11.6. The molecule has 4 nitrogen and oxygen atoms in total. The van der Waals surface area contributed by atoms with E-state index in [2.05, 4.69) is 5.92 Å². The van der Waals surface area contributed by atoms with Crippen molar-refractivity contribution < 1.29 is 9.59 Å². The van der Waals surface area contributed by atoms with Crippen molar-refractivity contribution in [3.8, 4) is 12.3 Å². The lowest BCUT2D eigenvalue weighted by Crippen LogP contribution is -2.53. The summed E-state index contributed by atoms with van der Waals surface area (Å²) in [7, 11) is 0. The van der Waals surface area contributed by atoms with Crippen molar-refractivity contribution in [2.24, 2.45) is 0 Å². The number of amides is 2. The van der Waals surface area contributed by atoms with E-state index in [0.29, 0.717) is 19.5 Å². The van der Waals surface area contributed by atoms with Gasteiger partial charge in [0.05, 0.1) is 13.1 Å². The summed E-state index contributed by atoms with van der Waals surface area (Å²) in [5.74, 6) is 2.49. The van der Waals surface area contributed by atoms with E-state index in [1.165, 1.54) is 4.90 Å². The molecule has 1 heterocycles. The largest absolute Gasteiger partial charge is 0.332 e. The molecular formula is C11H16N2O2. The molecule has 1 rings (SSSR count). The highest BCUT2D eigenvalue weighted by Gasteiger charge is 2.28. The van der Waals surface area contributed by atoms with Crippen molar-refractivity contribution in [3.05, 3.63) is 0 Å². The van der Waals surface area contributed by atoms with E-state index >= 15 is 0 Å². The zero-order valence-corrected chi connectivity index (χ0v) is 9.03. The van der Waals surface area contributed by atoms with Crippen molar-refractivity contribution >= 4 is 11.8 Å². The molecule has 0 aromatic heterocycles. The van der Waals surface area contributed by atoms with E-state index in [4.69, 9.17) is 6.42 Å². The van der Waals surface area contributed by atoms with Crippen LogP contribution < -0.4 is 0 Å². The third kappa shape index (κ3) is 2.98. The van der Waals surface area contributed by atoms with Gasteiger partial charge in [-0.25, -0.2) is 0 Å². The molecule has 82 valence electrons. The van der Waals surface area contributed by atoms with Gasteiger partial charge in [0.15, 0.2) is 0 Å². The van der Waals surface area contributed by atoms with Crippen molar-refractivity contribution in [1.29, 1.82) is 0 Å². The number of rotatable bonds is 4. The average molecular weight is 208 g/mol. The molecule has 0 bridgehead atoms. The molecule has 0 atom stereocenters. The van der Waals surface area contributed by atoms with Gasteiger partial charge >= 0.3 is 0 Å². The molecule has 1 fully saturated rings. The zero-order chi connectivity index (χ0) is 11.3. The van der Waals surface area contributed by atoms with Crippen LogP contribution in [-0.2, 0) is 9.59 Å². The van der Waals surface area contributed by atoms with Crippen LogP contribution in [0.5, 0.6) is 0 Å². The smallest absolute Gasteiger partial charge is 0.242 e. The number of piperazine rings is 1. The molecule has 0 N–H and O–H groups in total. The minimum Gasteiger partial charge on any atom is -0.332 e. The molecule has 1 aliphatic rings. The topological polar surface area (TPSA) is 40.6 Å². The molecule has 4 heteroatoms. The highest BCUT2D eigenvalue weighted by molar-refractivity contribution is 5.92. The SMILES string of the molecule is C#CCCN1CC(=O)N(CCC)CC1=O. The highest BCUT2D eigenvalue weighted by Crippen LogP contribution is 2.05. The lowest BCUT2D eigenvalue weighted by molar-refractivity contribution is -0.150. The van der Waals surface area contributed by atoms with Crippen LogP contribution in [0.2, 0.25) is 0 Å². The Bertz CT molecular complexity index is 293. The Morgan fingerprint density at radius 3 is 2.20 bits per heavy atom. The van der Waals surface area contributed by atoms with Crippen LogP contribution in [0.4, 0.5) is 0 Å². The third-order valence-electron chi connectivity index (χ3n) is 2.38. The van der Waals surface area contributed by atoms with Gasteiger partial charge in [0.1, 0.15) is 0 Å². The van der Waals surface area contributed by atoms with Crippen LogP contribution in [0, 0.1) is 12.3 Å². The normalized spacial score (nSPS) is 16.8. The van der Waals surface area contributed by atoms with Crippen LogP contribution in [-0.4, -0.2) is 47.8 Å². The summed E-state index contributed by atoms with van der Waals surface area (Å²) in [5, 5.41) is 0. The van der Waals surface area contributed by atoms with Gasteiger partial charge in [0, 0.05) is 19.5 Å². The predicted molar refractivity (Wildman–Crippen MR) is 56.9 cm³/mol. The Kier molecular flexibility index (Phi) is 4.17. The van der Waals surface area contributed by atoms with Crippen LogP contribution >= 0.6 is 0 Å². The Morgan fingerprint density at radius 2 is 1.73 bits per heavy atom. The fourth-order valence-electron chi connectivity index (χ4n) is 1.58. The van der Waals surface area contributed by atoms with Crippen LogP contribution in [0.15, 0.2) is 0 Å². The van der Waals surface area contributed by atoms with E-state index in [-0.39, 0.29) is 24.9 Å². The van der Waals surface area contributed by atoms with Gasteiger partial charge < -0.3 is 9.80 Å². The fraction of sp³-hybridized carbons (Fsp3) is 0.636. The quantitative estimate of drug-likeness (QED) is 0.614. The Hall–Kier alpha value is -1.50. The molecule has 0 saturated carbocycles. The molecule has 0 spiro atoms. The summed E-state index contributed by atoms with van der Waals surface area (Å²) in [6, 6.07) is 0. The first-order chi connectivity index (χ1) is 7.19. The summed E-state index contributed by atoms with van der Waals surface area (Å²) in [5.41, 5.74) is 0. The van der Waals surface area contributed by atoms with Gasteiger partial charge in [-0.1, -0.05) is 6.92 Å². The maximum atomic E-state index is 11.6. The number of hydrogen-bond donors (Lipinski definition) is 0. The number of carbonyl (C=O) groups is 2. The molecule has 1 saturated heterocycles. The molecule has 1 aliphatic heterocycles. The van der Waals surface area contributed by atoms with Crippen LogP contribution in [0.25, 0.3) is 0 Å². The lowest BCUT2D eigenvalue weighted by atomic mass is 10.2. The van der Waals surface area contributed by atoms with Gasteiger partial charge in [-0.2, -0.15) is 0 Å². The van der Waals surface area contributed by atoms with E-state index in [0.717, 1.165) is 6.42 Å². The summed E-state index contributed by atoms with van der Waals surface area (Å²) < 4.78 is 0. The predicted octanol–water partition coefficient (Wildman–Crippen LogP) is 0.0905. The second-order valence-electron chi connectivity index (χ2n) is 3.58. The number of carbonyl (C=O) groups excluding carboxylic acids is 2. The van der Waals surface area contributed by atoms with Crippen LogP contribution in [0.3, 0.4) is 0 Å². The van der Waals surface area contributed by atoms with Gasteiger partial charge in [-0.05, 0) is 6.42 Å². The van der Waals surface area contributed by atoms with Gasteiger partial charge in [0.25, 0.3) is 0 Å². The number of nitrogens with zero attached hydrogens (tertiary/aromatic N) is 2. The molecule has 0 aliphatic carbocycles. The second kappa shape index (κ2) is 5.40. The summed E-state index contributed by atoms with van der Waals surface area (Å²) >= 11 is 0. The Morgan fingerprint density at radius 1 is 1.20 bits per heavy atom. The molecule has 0 radical (unpaired) electrons. The molecule has 2 amide bonds. The molecule has 0 unspecified atom stereocenters. The van der Waals surface area contributed by atoms with Crippen molar-refractivity contribution in [2.75, 3.05) is 26.2 Å². The van der Waals surface area contributed by atoms with Crippen molar-refractivity contribution in [1.82, 2.24) is 9.80 Å². The minimum atomic E-state index is -0.00157. The fourth-order valence-corrected chi connectivity index (χ4v) is 1.58. The van der Waals surface area contributed by atoms with E-state index < -0.39 is 0 Å². The highest BCUT2D eigenvalue weighted by atomic mass is 16.2. The van der Waals surface area contributed by atoms with Crippen LogP contribution in [0.1, 0.15) is 19.8 Å². The molecule has 0 aromatic rings. The van der Waals surface area contributed by atoms with Gasteiger partial charge in [0.2, 0.25) is 11.8 Å². The Balaban J connectivity index is 2.51. The van der Waals surface area contributed by atoms with E-state index in [1.807, 2.05) is 6.92 Å². The number of hydrogen-bond acceptors (Lipinski definition) is 2. The lowest BCUT2D eigenvalue weighted by Gasteiger charge is -2.33.